The summed E-state index contributed by atoms with van der Waals surface area (Å²) in [5, 5.41) is 0.216. The van der Waals surface area contributed by atoms with Crippen molar-refractivity contribution in [2.75, 3.05) is 11.8 Å². The molecule has 0 amide bonds. The van der Waals surface area contributed by atoms with Crippen LogP contribution in [0.2, 0.25) is 5.02 Å². The average Bonchev–Trinajstić information content (AvgIpc) is 2.46. The van der Waals surface area contributed by atoms with Gasteiger partial charge in [0.25, 0.3) is 10.0 Å². The van der Waals surface area contributed by atoms with Gasteiger partial charge in [0.05, 0.1) is 12.8 Å². The Kier molecular flexibility index (Phi) is 5.14. The zero-order valence-electron chi connectivity index (χ0n) is 12.1. The lowest BCUT2D eigenvalue weighted by molar-refractivity contribution is -0.275. The van der Waals surface area contributed by atoms with Gasteiger partial charge in [0.1, 0.15) is 16.4 Å². The first-order valence-corrected chi connectivity index (χ1v) is 8.19. The molecule has 0 saturated heterocycles. The fourth-order valence-electron chi connectivity index (χ4n) is 1.84. The van der Waals surface area contributed by atoms with Gasteiger partial charge >= 0.3 is 6.36 Å². The summed E-state index contributed by atoms with van der Waals surface area (Å²) >= 11 is 5.80. The van der Waals surface area contributed by atoms with Crippen molar-refractivity contribution < 1.29 is 31.1 Å². The molecule has 0 aromatic heterocycles. The van der Waals surface area contributed by atoms with Crippen LogP contribution in [0.25, 0.3) is 0 Å². The van der Waals surface area contributed by atoms with Crippen molar-refractivity contribution in [3.63, 3.8) is 0 Å². The predicted molar refractivity (Wildman–Crippen MR) is 81.9 cm³/mol. The largest absolute Gasteiger partial charge is 0.573 e. The Morgan fingerprint density at radius 2 is 1.75 bits per heavy atom. The summed E-state index contributed by atoms with van der Waals surface area (Å²) in [6.07, 6.45) is -5.03. The van der Waals surface area contributed by atoms with Gasteiger partial charge in [-0.2, -0.15) is 0 Å². The van der Waals surface area contributed by atoms with Crippen LogP contribution < -0.4 is 14.2 Å². The van der Waals surface area contributed by atoms with Gasteiger partial charge in [-0.25, -0.2) is 8.42 Å². The van der Waals surface area contributed by atoms with E-state index in [2.05, 4.69) is 9.46 Å². The monoisotopic (exact) mass is 381 g/mol. The molecule has 0 radical (unpaired) electrons. The van der Waals surface area contributed by atoms with Crippen molar-refractivity contribution in [2.45, 2.75) is 11.3 Å². The van der Waals surface area contributed by atoms with Crippen molar-refractivity contribution in [1.82, 2.24) is 0 Å². The maximum absolute atomic E-state index is 12.4. The van der Waals surface area contributed by atoms with Gasteiger partial charge in [-0.3, -0.25) is 4.72 Å². The van der Waals surface area contributed by atoms with Crippen LogP contribution in [0.3, 0.4) is 0 Å². The van der Waals surface area contributed by atoms with Gasteiger partial charge < -0.3 is 9.47 Å². The van der Waals surface area contributed by atoms with E-state index >= 15 is 0 Å². The number of benzene rings is 2. The second-order valence-electron chi connectivity index (χ2n) is 4.44. The van der Waals surface area contributed by atoms with Crippen LogP contribution in [0.1, 0.15) is 0 Å². The van der Waals surface area contributed by atoms with Crippen LogP contribution in [0, 0.1) is 0 Å². The van der Waals surface area contributed by atoms with E-state index in [1.54, 1.807) is 0 Å². The number of nitrogens with one attached hydrogen (secondary N) is 1. The molecule has 0 aliphatic carbocycles. The Morgan fingerprint density at radius 3 is 2.38 bits per heavy atom. The highest BCUT2D eigenvalue weighted by molar-refractivity contribution is 7.92. The van der Waals surface area contributed by atoms with Crippen LogP contribution >= 0.6 is 11.6 Å². The van der Waals surface area contributed by atoms with E-state index in [1.807, 2.05) is 0 Å². The first-order valence-electron chi connectivity index (χ1n) is 6.33. The number of hydrogen-bond acceptors (Lipinski definition) is 4. The van der Waals surface area contributed by atoms with Gasteiger partial charge in [-0.15, -0.1) is 13.2 Å². The lowest BCUT2D eigenvalue weighted by Crippen LogP contribution is -2.21. The minimum atomic E-state index is -5.03. The summed E-state index contributed by atoms with van der Waals surface area (Å²) in [5.41, 5.74) is -0.0215. The molecule has 5 nitrogen and oxygen atoms in total. The molecular formula is C14H11ClF3NO4S. The van der Waals surface area contributed by atoms with E-state index < -0.39 is 27.0 Å². The molecule has 0 aliphatic heterocycles. The Hall–Kier alpha value is -2.13. The number of para-hydroxylation sites is 1. The van der Waals surface area contributed by atoms with Crippen molar-refractivity contribution in [1.29, 1.82) is 0 Å². The fraction of sp³-hybridized carbons (Fsp3) is 0.143. The van der Waals surface area contributed by atoms with E-state index in [0.717, 1.165) is 12.1 Å². The molecule has 0 aliphatic rings. The number of rotatable bonds is 5. The molecular weight excluding hydrogens is 371 g/mol. The van der Waals surface area contributed by atoms with Crippen molar-refractivity contribution >= 4 is 27.3 Å². The quantitative estimate of drug-likeness (QED) is 0.848. The molecule has 1 N–H and O–H groups in total. The zero-order chi connectivity index (χ0) is 18.0. The number of hydrogen-bond donors (Lipinski definition) is 1. The summed E-state index contributed by atoms with van der Waals surface area (Å²) < 4.78 is 73.1. The number of methoxy groups -OCH3 is 1. The van der Waals surface area contributed by atoms with E-state index in [-0.39, 0.29) is 16.5 Å². The number of sulfonamides is 1. The molecule has 0 fully saturated rings. The molecule has 2 rings (SSSR count). The summed E-state index contributed by atoms with van der Waals surface area (Å²) in [6, 6.07) is 8.53. The van der Waals surface area contributed by atoms with Crippen molar-refractivity contribution in [2.24, 2.45) is 0 Å². The highest BCUT2D eigenvalue weighted by Gasteiger charge is 2.34. The van der Waals surface area contributed by atoms with Crippen molar-refractivity contribution in [3.8, 4) is 11.5 Å². The van der Waals surface area contributed by atoms with Crippen LogP contribution in [-0.2, 0) is 10.0 Å². The Morgan fingerprint density at radius 1 is 1.08 bits per heavy atom. The van der Waals surface area contributed by atoms with Gasteiger partial charge in [0.2, 0.25) is 0 Å². The molecule has 0 saturated carbocycles. The Balaban J connectivity index is 2.44. The molecule has 0 atom stereocenters. The standard InChI is InChI=1S/C14H11ClF3NO4S/c1-22-11-7-6-9(15)8-10(11)19-24(20,21)13-5-3-2-4-12(13)23-14(16,17)18/h2-8,19H,1H3. The summed E-state index contributed by atoms with van der Waals surface area (Å²) in [7, 11) is -3.07. The van der Waals surface area contributed by atoms with Gasteiger partial charge in [-0.05, 0) is 30.3 Å². The maximum Gasteiger partial charge on any atom is 0.573 e. The third-order valence-electron chi connectivity index (χ3n) is 2.77. The third-order valence-corrected chi connectivity index (χ3v) is 4.41. The second-order valence-corrected chi connectivity index (χ2v) is 6.53. The third kappa shape index (κ3) is 4.45. The molecule has 2 aromatic rings. The fourth-order valence-corrected chi connectivity index (χ4v) is 3.20. The molecule has 0 unspecified atom stereocenters. The molecule has 24 heavy (non-hydrogen) atoms. The number of halogens is 4. The van der Waals surface area contributed by atoms with E-state index in [4.69, 9.17) is 16.3 Å². The van der Waals surface area contributed by atoms with Crippen LogP contribution in [0.4, 0.5) is 18.9 Å². The van der Waals surface area contributed by atoms with E-state index in [1.165, 1.54) is 37.4 Å². The smallest absolute Gasteiger partial charge is 0.495 e. The number of alkyl halides is 3. The lowest BCUT2D eigenvalue weighted by atomic mass is 10.3. The van der Waals surface area contributed by atoms with Gasteiger partial charge in [0.15, 0.2) is 0 Å². The minimum Gasteiger partial charge on any atom is -0.495 e. The normalized spacial score (nSPS) is 11.9. The second kappa shape index (κ2) is 6.78. The number of ether oxygens (including phenoxy) is 2. The first-order chi connectivity index (χ1) is 11.1. The van der Waals surface area contributed by atoms with Crippen molar-refractivity contribution in [3.05, 3.63) is 47.5 Å². The SMILES string of the molecule is COc1ccc(Cl)cc1NS(=O)(=O)c1ccccc1OC(F)(F)F. The minimum absolute atomic E-state index is 0.0215. The van der Waals surface area contributed by atoms with Gasteiger partial charge in [0, 0.05) is 5.02 Å². The average molecular weight is 382 g/mol. The number of anilines is 1. The summed E-state index contributed by atoms with van der Waals surface area (Å²) in [6.45, 7) is 0. The Bertz CT molecular complexity index is 840. The molecule has 0 spiro atoms. The molecule has 0 heterocycles. The predicted octanol–water partition coefficient (Wildman–Crippen LogP) is 4.05. The van der Waals surface area contributed by atoms with Crippen LogP contribution in [0.15, 0.2) is 47.4 Å². The first kappa shape index (κ1) is 18.2. The Labute approximate surface area is 141 Å². The molecule has 2 aromatic carbocycles. The summed E-state index contributed by atoms with van der Waals surface area (Å²) in [4.78, 5) is -0.677. The summed E-state index contributed by atoms with van der Waals surface area (Å²) in [5.74, 6) is -0.698. The van der Waals surface area contributed by atoms with Crippen LogP contribution in [0.5, 0.6) is 11.5 Å². The molecule has 0 bridgehead atoms. The lowest BCUT2D eigenvalue weighted by Gasteiger charge is -2.15. The zero-order valence-corrected chi connectivity index (χ0v) is 13.7. The van der Waals surface area contributed by atoms with E-state index in [0.29, 0.717) is 0 Å². The molecule has 10 heteroatoms. The topological polar surface area (TPSA) is 64.6 Å². The molecule has 130 valence electrons. The maximum atomic E-state index is 12.4. The highest BCUT2D eigenvalue weighted by atomic mass is 35.5. The highest BCUT2D eigenvalue weighted by Crippen LogP contribution is 2.33. The van der Waals surface area contributed by atoms with E-state index in [9.17, 15) is 21.6 Å². The van der Waals surface area contributed by atoms with Crippen LogP contribution in [-0.4, -0.2) is 21.9 Å². The van der Waals surface area contributed by atoms with Gasteiger partial charge in [-0.1, -0.05) is 23.7 Å².